The molecule has 2 aliphatic rings. The van der Waals surface area contributed by atoms with Gasteiger partial charge >= 0.3 is 0 Å². The van der Waals surface area contributed by atoms with Crippen LogP contribution >= 0.6 is 0 Å². The summed E-state index contributed by atoms with van der Waals surface area (Å²) < 4.78 is 29.5. The Bertz CT molecular complexity index is 1570. The van der Waals surface area contributed by atoms with Crippen molar-refractivity contribution in [2.24, 2.45) is 7.05 Å². The minimum atomic E-state index is -3.79. The van der Waals surface area contributed by atoms with Gasteiger partial charge in [0.2, 0.25) is 10.0 Å². The zero-order valence-electron chi connectivity index (χ0n) is 21.1. The molecule has 0 unspecified atom stereocenters. The van der Waals surface area contributed by atoms with Gasteiger partial charge in [0, 0.05) is 38.4 Å². The lowest BCUT2D eigenvalue weighted by molar-refractivity contribution is 0.0724. The van der Waals surface area contributed by atoms with E-state index in [1.807, 2.05) is 0 Å². The van der Waals surface area contributed by atoms with Crippen molar-refractivity contribution in [2.75, 3.05) is 17.8 Å². The predicted octanol–water partition coefficient (Wildman–Crippen LogP) is 1.90. The Kier molecular flexibility index (Phi) is 6.40. The van der Waals surface area contributed by atoms with E-state index in [2.05, 4.69) is 26.2 Å². The van der Waals surface area contributed by atoms with Crippen molar-refractivity contribution >= 4 is 27.7 Å². The first kappa shape index (κ1) is 25.4. The lowest BCUT2D eigenvalue weighted by Crippen LogP contribution is -2.47. The van der Waals surface area contributed by atoms with Crippen LogP contribution in [-0.4, -0.2) is 57.7 Å². The zero-order valence-corrected chi connectivity index (χ0v) is 21.9. The van der Waals surface area contributed by atoms with Gasteiger partial charge in [0.25, 0.3) is 11.8 Å². The average molecular weight is 534 g/mol. The number of carbonyl (C=O) groups excluding carboxylic acids is 2. The molecule has 1 aliphatic heterocycles. The van der Waals surface area contributed by atoms with E-state index in [0.717, 1.165) is 5.56 Å². The minimum absolute atomic E-state index is 0.0535. The molecule has 0 bridgehead atoms. The number of aryl methyl sites for hydroxylation is 2. The summed E-state index contributed by atoms with van der Waals surface area (Å²) in [5.41, 5.74) is 3.11. The Morgan fingerprint density at radius 3 is 2.61 bits per heavy atom. The highest BCUT2D eigenvalue weighted by Crippen LogP contribution is 2.45. The third-order valence-corrected chi connectivity index (χ3v) is 9.25. The fraction of sp³-hybridized carbons (Fsp3) is 0.346. The molecule has 11 nitrogen and oxygen atoms in total. The van der Waals surface area contributed by atoms with Crippen LogP contribution < -0.4 is 10.0 Å². The molecular weight excluding hydrogens is 506 g/mol. The summed E-state index contributed by atoms with van der Waals surface area (Å²) in [6.45, 7) is 2.37. The quantitative estimate of drug-likeness (QED) is 0.449. The first-order chi connectivity index (χ1) is 18.1. The Morgan fingerprint density at radius 2 is 1.95 bits per heavy atom. The summed E-state index contributed by atoms with van der Waals surface area (Å²) in [7, 11) is -2.19. The van der Waals surface area contributed by atoms with Gasteiger partial charge in [-0.3, -0.25) is 19.0 Å². The number of pyridine rings is 1. The van der Waals surface area contributed by atoms with Gasteiger partial charge in [-0.1, -0.05) is 18.2 Å². The second-order valence-corrected chi connectivity index (χ2v) is 11.8. The van der Waals surface area contributed by atoms with Gasteiger partial charge in [0.1, 0.15) is 16.3 Å². The third-order valence-electron chi connectivity index (χ3n) is 7.12. The SMILES string of the molecule is Cc1cccnc1NS(=O)(=O)C1(CN2CCc3c(C(=O)NCc4ccc(C#N)cc4)nn(C)c3C2=O)CC1. The molecule has 3 heterocycles. The molecule has 196 valence electrons. The van der Waals surface area contributed by atoms with E-state index < -0.39 is 20.7 Å². The molecule has 1 fully saturated rings. The van der Waals surface area contributed by atoms with Crippen molar-refractivity contribution in [3.63, 3.8) is 0 Å². The third kappa shape index (κ3) is 4.61. The fourth-order valence-corrected chi connectivity index (χ4v) is 6.34. The Hall–Kier alpha value is -4.24. The van der Waals surface area contributed by atoms with E-state index >= 15 is 0 Å². The Labute approximate surface area is 220 Å². The van der Waals surface area contributed by atoms with Crippen molar-refractivity contribution in [1.29, 1.82) is 5.26 Å². The van der Waals surface area contributed by atoms with Crippen LogP contribution in [0.1, 0.15) is 56.1 Å². The number of aromatic nitrogens is 3. The molecule has 1 aliphatic carbocycles. The van der Waals surface area contributed by atoms with Crippen LogP contribution in [0.4, 0.5) is 5.82 Å². The van der Waals surface area contributed by atoms with E-state index in [4.69, 9.17) is 5.26 Å². The maximum Gasteiger partial charge on any atom is 0.272 e. The van der Waals surface area contributed by atoms with Crippen LogP contribution in [0.5, 0.6) is 0 Å². The van der Waals surface area contributed by atoms with Crippen LogP contribution in [-0.2, 0) is 30.0 Å². The second kappa shape index (κ2) is 9.57. The molecule has 2 amide bonds. The largest absolute Gasteiger partial charge is 0.347 e. The Balaban J connectivity index is 1.29. The molecule has 0 radical (unpaired) electrons. The number of carbonyl (C=O) groups is 2. The van der Waals surface area contributed by atoms with Crippen LogP contribution in [0.3, 0.4) is 0 Å². The number of nitrogens with one attached hydrogen (secondary N) is 2. The lowest BCUT2D eigenvalue weighted by atomic mass is 10.0. The molecule has 1 aromatic carbocycles. The van der Waals surface area contributed by atoms with Crippen molar-refractivity contribution in [3.05, 3.63) is 76.2 Å². The van der Waals surface area contributed by atoms with Gasteiger partial charge in [-0.2, -0.15) is 10.4 Å². The average Bonchev–Trinajstić information content (AvgIpc) is 3.62. The topological polar surface area (TPSA) is 150 Å². The van der Waals surface area contributed by atoms with Gasteiger partial charge in [0.05, 0.1) is 11.6 Å². The molecule has 0 atom stereocenters. The number of fused-ring (bicyclic) bond motifs is 1. The molecule has 0 spiro atoms. The molecule has 38 heavy (non-hydrogen) atoms. The number of rotatable bonds is 8. The number of amides is 2. The summed E-state index contributed by atoms with van der Waals surface area (Å²) >= 11 is 0. The lowest BCUT2D eigenvalue weighted by Gasteiger charge is -2.31. The smallest absolute Gasteiger partial charge is 0.272 e. The van der Waals surface area contributed by atoms with Crippen molar-refractivity contribution in [1.82, 2.24) is 25.0 Å². The minimum Gasteiger partial charge on any atom is -0.347 e. The van der Waals surface area contributed by atoms with Crippen LogP contribution in [0.15, 0.2) is 42.6 Å². The number of hydrogen-bond acceptors (Lipinski definition) is 7. The van der Waals surface area contributed by atoms with E-state index in [1.54, 1.807) is 55.3 Å². The monoisotopic (exact) mass is 533 g/mol. The summed E-state index contributed by atoms with van der Waals surface area (Å²) in [4.78, 5) is 32.0. The highest BCUT2D eigenvalue weighted by molar-refractivity contribution is 7.94. The van der Waals surface area contributed by atoms with E-state index in [0.29, 0.717) is 41.6 Å². The zero-order chi connectivity index (χ0) is 27.1. The Morgan fingerprint density at radius 1 is 1.21 bits per heavy atom. The highest BCUT2D eigenvalue weighted by atomic mass is 32.2. The first-order valence-electron chi connectivity index (χ1n) is 12.2. The fourth-order valence-electron chi connectivity index (χ4n) is 4.69. The molecule has 1 saturated carbocycles. The van der Waals surface area contributed by atoms with Crippen molar-refractivity contribution < 1.29 is 18.0 Å². The maximum absolute atomic E-state index is 13.4. The number of anilines is 1. The van der Waals surface area contributed by atoms with Crippen LogP contribution in [0, 0.1) is 18.3 Å². The normalized spacial score (nSPS) is 15.9. The van der Waals surface area contributed by atoms with Gasteiger partial charge in [0.15, 0.2) is 5.69 Å². The number of hydrogen-bond donors (Lipinski definition) is 2. The molecule has 2 N–H and O–H groups in total. The van der Waals surface area contributed by atoms with E-state index in [-0.39, 0.29) is 37.1 Å². The van der Waals surface area contributed by atoms with Crippen molar-refractivity contribution in [2.45, 2.75) is 37.5 Å². The number of benzene rings is 1. The molecule has 5 rings (SSSR count). The number of nitriles is 1. The molecule has 12 heteroatoms. The summed E-state index contributed by atoms with van der Waals surface area (Å²) in [6, 6.07) is 12.5. The predicted molar refractivity (Wildman–Crippen MR) is 139 cm³/mol. The molecule has 3 aromatic rings. The van der Waals surface area contributed by atoms with Gasteiger partial charge in [-0.25, -0.2) is 13.4 Å². The van der Waals surface area contributed by atoms with E-state index in [9.17, 15) is 18.0 Å². The van der Waals surface area contributed by atoms with Gasteiger partial charge in [-0.05, 0) is 55.5 Å². The molecular formula is C26H27N7O4S. The molecule has 0 saturated heterocycles. The summed E-state index contributed by atoms with van der Waals surface area (Å²) in [6.07, 6.45) is 2.80. The summed E-state index contributed by atoms with van der Waals surface area (Å²) in [5.74, 6) is -0.458. The van der Waals surface area contributed by atoms with Gasteiger partial charge in [-0.15, -0.1) is 0 Å². The highest BCUT2D eigenvalue weighted by Gasteiger charge is 2.57. The maximum atomic E-state index is 13.4. The number of sulfonamides is 1. The number of nitrogens with zero attached hydrogens (tertiary/aromatic N) is 5. The summed E-state index contributed by atoms with van der Waals surface area (Å²) in [5, 5.41) is 16.1. The standard InChI is InChI=1S/C26H27N7O4S/c1-17-4-3-12-28-23(17)31-38(36,37)26(10-11-26)16-33-13-9-20-21(30-32(2)22(20)25(33)35)24(34)29-15-19-7-5-18(14-27)6-8-19/h3-8,12H,9-11,13,15-16H2,1-2H3,(H,28,31)(H,29,34). The van der Waals surface area contributed by atoms with Gasteiger partial charge < -0.3 is 10.2 Å². The van der Waals surface area contributed by atoms with Crippen LogP contribution in [0.25, 0.3) is 0 Å². The molecule has 2 aromatic heterocycles. The van der Waals surface area contributed by atoms with E-state index in [1.165, 1.54) is 10.9 Å². The first-order valence-corrected chi connectivity index (χ1v) is 13.7. The second-order valence-electron chi connectivity index (χ2n) is 9.72. The van der Waals surface area contributed by atoms with Crippen molar-refractivity contribution in [3.8, 4) is 6.07 Å². The van der Waals surface area contributed by atoms with Crippen LogP contribution in [0.2, 0.25) is 0 Å².